The normalized spacial score (nSPS) is 19.0. The number of likely N-dealkylation sites (tertiary alicyclic amines) is 1. The predicted octanol–water partition coefficient (Wildman–Crippen LogP) is 1.39. The van der Waals surface area contributed by atoms with Crippen molar-refractivity contribution in [1.82, 2.24) is 25.7 Å². The molecule has 1 aliphatic heterocycles. The Kier molecular flexibility index (Phi) is 6.22. The summed E-state index contributed by atoms with van der Waals surface area (Å²) in [7, 11) is 1.98. The third-order valence-corrected chi connectivity index (χ3v) is 6.04. The maximum absolute atomic E-state index is 12.4. The van der Waals surface area contributed by atoms with Crippen molar-refractivity contribution in [2.24, 2.45) is 0 Å². The summed E-state index contributed by atoms with van der Waals surface area (Å²) in [6.07, 6.45) is 4.99. The minimum absolute atomic E-state index is 0.0308. The molecule has 31 heavy (non-hydrogen) atoms. The van der Waals surface area contributed by atoms with Gasteiger partial charge in [-0.15, -0.1) is 0 Å². The summed E-state index contributed by atoms with van der Waals surface area (Å²) in [5.74, 6) is -0.419. The van der Waals surface area contributed by atoms with Crippen LogP contribution in [0.5, 0.6) is 0 Å². The number of rotatable bonds is 8. The van der Waals surface area contributed by atoms with E-state index in [1.165, 1.54) is 10.9 Å². The number of aromatic nitrogens is 2. The lowest BCUT2D eigenvalue weighted by atomic mass is 10.1. The third-order valence-electron chi connectivity index (χ3n) is 6.04. The van der Waals surface area contributed by atoms with E-state index in [0.717, 1.165) is 30.8 Å². The molecule has 3 heterocycles. The molecule has 4 rings (SSSR count). The highest BCUT2D eigenvalue weighted by Gasteiger charge is 2.32. The van der Waals surface area contributed by atoms with Gasteiger partial charge in [-0.2, -0.15) is 5.16 Å². The van der Waals surface area contributed by atoms with E-state index in [2.05, 4.69) is 31.7 Å². The Bertz CT molecular complexity index is 1110. The molecule has 1 saturated heterocycles. The molecule has 1 aliphatic rings. The molecule has 9 heteroatoms. The van der Waals surface area contributed by atoms with Crippen molar-refractivity contribution in [3.63, 3.8) is 0 Å². The van der Waals surface area contributed by atoms with Crippen LogP contribution in [0, 0.1) is 0 Å². The number of carbonyl (C=O) groups excluding carboxylic acids is 2. The Morgan fingerprint density at radius 3 is 2.81 bits per heavy atom. The van der Waals surface area contributed by atoms with Crippen LogP contribution in [0.2, 0.25) is 0 Å². The summed E-state index contributed by atoms with van der Waals surface area (Å²) in [5, 5.41) is 9.11. The highest BCUT2D eigenvalue weighted by Crippen LogP contribution is 2.24. The van der Waals surface area contributed by atoms with E-state index in [1.807, 2.05) is 31.4 Å². The van der Waals surface area contributed by atoms with Gasteiger partial charge in [0.05, 0.1) is 6.07 Å². The van der Waals surface area contributed by atoms with Gasteiger partial charge in [-0.05, 0) is 37.9 Å². The van der Waals surface area contributed by atoms with E-state index < -0.39 is 11.5 Å². The van der Waals surface area contributed by atoms with Crippen molar-refractivity contribution in [3.8, 4) is 0 Å². The quantitative estimate of drug-likeness (QED) is 0.434. The standard InChI is InChI=1S/C22H27N5O4/c1-27-15(6-7-16(27)13-25-22(30)19-11-21(29)26-31-19)10-20(28)23-9-8-14-12-24-18-5-3-2-4-17(14)18/h2-5,11-12,15-16,24H,6-10,13H2,1H3,(H,23,28)(H,25,30)(H,26,29)/t15-,16+/m1/s1. The van der Waals surface area contributed by atoms with Crippen molar-refractivity contribution in [2.75, 3.05) is 20.1 Å². The van der Waals surface area contributed by atoms with E-state index >= 15 is 0 Å². The fraction of sp³-hybridized carbons (Fsp3) is 0.409. The first-order valence-electron chi connectivity index (χ1n) is 10.5. The van der Waals surface area contributed by atoms with Crippen molar-refractivity contribution < 1.29 is 14.1 Å². The molecule has 2 aromatic heterocycles. The maximum atomic E-state index is 12.4. The fourth-order valence-electron chi connectivity index (χ4n) is 4.24. The Labute approximate surface area is 179 Å². The molecule has 0 unspecified atom stereocenters. The number of nitrogens with one attached hydrogen (secondary N) is 4. The van der Waals surface area contributed by atoms with Crippen LogP contribution >= 0.6 is 0 Å². The smallest absolute Gasteiger partial charge is 0.289 e. The van der Waals surface area contributed by atoms with Crippen LogP contribution in [0.15, 0.2) is 45.8 Å². The Morgan fingerprint density at radius 1 is 1.19 bits per heavy atom. The summed E-state index contributed by atoms with van der Waals surface area (Å²) in [4.78, 5) is 40.9. The summed E-state index contributed by atoms with van der Waals surface area (Å²) < 4.78 is 4.81. The van der Waals surface area contributed by atoms with Crippen molar-refractivity contribution >= 4 is 22.7 Å². The van der Waals surface area contributed by atoms with Gasteiger partial charge in [0.2, 0.25) is 11.7 Å². The number of fused-ring (bicyclic) bond motifs is 1. The second kappa shape index (κ2) is 9.22. The molecule has 0 bridgehead atoms. The second-order valence-corrected chi connectivity index (χ2v) is 8.00. The first-order valence-corrected chi connectivity index (χ1v) is 10.5. The Morgan fingerprint density at radius 2 is 2.00 bits per heavy atom. The van der Waals surface area contributed by atoms with Crippen molar-refractivity contribution in [1.29, 1.82) is 0 Å². The number of benzene rings is 1. The van der Waals surface area contributed by atoms with Crippen LogP contribution in [0.1, 0.15) is 35.4 Å². The number of nitrogens with zero attached hydrogens (tertiary/aromatic N) is 1. The topological polar surface area (TPSA) is 123 Å². The van der Waals surface area contributed by atoms with E-state index in [1.54, 1.807) is 0 Å². The molecule has 2 atom stereocenters. The van der Waals surface area contributed by atoms with Gasteiger partial charge in [0.15, 0.2) is 0 Å². The number of aromatic amines is 2. The molecular formula is C22H27N5O4. The fourth-order valence-corrected chi connectivity index (χ4v) is 4.24. The van der Waals surface area contributed by atoms with Crippen LogP contribution in [0.25, 0.3) is 10.9 Å². The van der Waals surface area contributed by atoms with Gasteiger partial charge in [-0.3, -0.25) is 19.3 Å². The van der Waals surface area contributed by atoms with E-state index in [-0.39, 0.29) is 23.8 Å². The van der Waals surface area contributed by atoms with E-state index in [0.29, 0.717) is 19.5 Å². The first kappa shape index (κ1) is 20.9. The third kappa shape index (κ3) is 4.88. The van der Waals surface area contributed by atoms with Crippen LogP contribution < -0.4 is 16.2 Å². The second-order valence-electron chi connectivity index (χ2n) is 8.00. The molecule has 0 spiro atoms. The number of carbonyl (C=O) groups is 2. The lowest BCUT2D eigenvalue weighted by Crippen LogP contribution is -2.42. The summed E-state index contributed by atoms with van der Waals surface area (Å²) in [6.45, 7) is 1.03. The number of hydrogen-bond donors (Lipinski definition) is 4. The van der Waals surface area contributed by atoms with Crippen molar-refractivity contribution in [3.05, 3.63) is 58.2 Å². The molecule has 1 fully saturated rings. The molecule has 0 saturated carbocycles. The van der Waals surface area contributed by atoms with Crippen LogP contribution in [0.3, 0.4) is 0 Å². The average Bonchev–Trinajstić information content (AvgIpc) is 3.47. The zero-order valence-corrected chi connectivity index (χ0v) is 17.4. The zero-order chi connectivity index (χ0) is 21.8. The van der Waals surface area contributed by atoms with Gasteiger partial charge in [-0.1, -0.05) is 18.2 Å². The Balaban J connectivity index is 1.20. The van der Waals surface area contributed by atoms with Crippen LogP contribution in [-0.2, 0) is 11.2 Å². The molecule has 9 nitrogen and oxygen atoms in total. The molecule has 0 radical (unpaired) electrons. The van der Waals surface area contributed by atoms with Gasteiger partial charge in [-0.25, -0.2) is 0 Å². The van der Waals surface area contributed by atoms with Gasteiger partial charge >= 0.3 is 0 Å². The minimum Gasteiger partial charge on any atom is -0.373 e. The minimum atomic E-state index is -0.445. The van der Waals surface area contributed by atoms with Crippen LogP contribution in [-0.4, -0.2) is 59.1 Å². The maximum Gasteiger partial charge on any atom is 0.289 e. The molecule has 3 aromatic rings. The number of para-hydroxylation sites is 1. The largest absolute Gasteiger partial charge is 0.373 e. The highest BCUT2D eigenvalue weighted by atomic mass is 16.5. The number of likely N-dealkylation sites (N-methyl/N-ethyl adjacent to an activating group) is 1. The molecule has 4 N–H and O–H groups in total. The monoisotopic (exact) mass is 425 g/mol. The van der Waals surface area contributed by atoms with Gasteiger partial charge in [0, 0.05) is 48.7 Å². The predicted molar refractivity (Wildman–Crippen MR) is 116 cm³/mol. The van der Waals surface area contributed by atoms with Crippen molar-refractivity contribution in [2.45, 2.75) is 37.8 Å². The summed E-state index contributed by atoms with van der Waals surface area (Å²) in [5.41, 5.74) is 1.86. The van der Waals surface area contributed by atoms with E-state index in [9.17, 15) is 14.4 Å². The number of amides is 2. The molecule has 0 aliphatic carbocycles. The van der Waals surface area contributed by atoms with Gasteiger partial charge < -0.3 is 20.1 Å². The average molecular weight is 425 g/mol. The van der Waals surface area contributed by atoms with E-state index in [4.69, 9.17) is 4.52 Å². The molecule has 164 valence electrons. The highest BCUT2D eigenvalue weighted by molar-refractivity contribution is 5.91. The molecule has 1 aromatic carbocycles. The number of H-pyrrole nitrogens is 2. The number of hydrogen-bond acceptors (Lipinski definition) is 5. The zero-order valence-electron chi connectivity index (χ0n) is 17.4. The lowest BCUT2D eigenvalue weighted by Gasteiger charge is -2.25. The Hall–Kier alpha value is -3.33. The summed E-state index contributed by atoms with van der Waals surface area (Å²) >= 11 is 0. The lowest BCUT2D eigenvalue weighted by molar-refractivity contribution is -0.122. The van der Waals surface area contributed by atoms with Gasteiger partial charge in [0.25, 0.3) is 11.5 Å². The van der Waals surface area contributed by atoms with Crippen LogP contribution in [0.4, 0.5) is 0 Å². The molecule has 2 amide bonds. The summed E-state index contributed by atoms with van der Waals surface area (Å²) in [6, 6.07) is 9.54. The van der Waals surface area contributed by atoms with Gasteiger partial charge in [0.1, 0.15) is 0 Å². The first-order chi connectivity index (χ1) is 15.0. The SMILES string of the molecule is CN1[C@@H](CC(=O)NCCc2c[nH]c3ccccc23)CC[C@H]1CNC(=O)c1cc(=O)[nH]o1. The molecular weight excluding hydrogens is 398 g/mol.